The Labute approximate surface area is 124 Å². The van der Waals surface area contributed by atoms with Crippen LogP contribution in [0.2, 0.25) is 5.15 Å². The third-order valence-corrected chi connectivity index (χ3v) is 3.31. The molecule has 20 heavy (non-hydrogen) atoms. The van der Waals surface area contributed by atoms with Gasteiger partial charge in [-0.3, -0.25) is 0 Å². The van der Waals surface area contributed by atoms with Gasteiger partial charge in [0.1, 0.15) is 10.9 Å². The summed E-state index contributed by atoms with van der Waals surface area (Å²) in [6, 6.07) is 5.89. The van der Waals surface area contributed by atoms with Gasteiger partial charge in [-0.1, -0.05) is 23.7 Å². The average molecular weight is 292 g/mol. The van der Waals surface area contributed by atoms with E-state index in [1.165, 1.54) is 0 Å². The Morgan fingerprint density at radius 1 is 1.20 bits per heavy atom. The highest BCUT2D eigenvalue weighted by Gasteiger charge is 2.17. The number of nitrogen functional groups attached to an aromatic ring is 1. The molecule has 1 heterocycles. The quantitative estimate of drug-likeness (QED) is 0.874. The molecule has 2 rings (SSSR count). The zero-order valence-electron chi connectivity index (χ0n) is 12.1. The number of nitrogens with zero attached hydrogens (tertiary/aromatic N) is 2. The molecule has 1 aromatic carbocycles. The van der Waals surface area contributed by atoms with Crippen molar-refractivity contribution in [3.63, 3.8) is 0 Å². The maximum atomic E-state index is 6.11. The van der Waals surface area contributed by atoms with Gasteiger partial charge in [0, 0.05) is 11.1 Å². The molecule has 4 nitrogen and oxygen atoms in total. The number of ether oxygens (including phenoxy) is 1. The van der Waals surface area contributed by atoms with E-state index in [0.29, 0.717) is 5.15 Å². The summed E-state index contributed by atoms with van der Waals surface area (Å²) >= 11 is 6.11. The molecule has 0 amide bonds. The minimum Gasteiger partial charge on any atom is -0.490 e. The Hall–Kier alpha value is -1.81. The molecule has 5 heteroatoms. The van der Waals surface area contributed by atoms with E-state index >= 15 is 0 Å². The minimum atomic E-state index is 0.0745. The standard InChI is InChI=1S/C15H18ClN3O/c1-8(2)20-11-7-5-6-9(3)12(11)13-10(4)14(16)19-15(17)18-13/h5-8H,1-4H3,(H2,17,18,19). The molecule has 0 saturated carbocycles. The SMILES string of the molecule is Cc1cccc(OC(C)C)c1-c1nc(N)nc(Cl)c1C. The fraction of sp³-hybridized carbons (Fsp3) is 0.333. The molecule has 0 aliphatic carbocycles. The molecular formula is C15H18ClN3O. The fourth-order valence-corrected chi connectivity index (χ4v) is 2.22. The fourth-order valence-electron chi connectivity index (χ4n) is 2.05. The van der Waals surface area contributed by atoms with Crippen LogP contribution >= 0.6 is 11.6 Å². The topological polar surface area (TPSA) is 61.0 Å². The van der Waals surface area contributed by atoms with Gasteiger partial charge in [0.05, 0.1) is 11.8 Å². The van der Waals surface area contributed by atoms with Crippen molar-refractivity contribution in [3.8, 4) is 17.0 Å². The molecule has 0 unspecified atom stereocenters. The van der Waals surface area contributed by atoms with Crippen LogP contribution < -0.4 is 10.5 Å². The van der Waals surface area contributed by atoms with Gasteiger partial charge in [-0.15, -0.1) is 0 Å². The Morgan fingerprint density at radius 2 is 1.90 bits per heavy atom. The molecule has 0 bridgehead atoms. The average Bonchev–Trinajstić information content (AvgIpc) is 2.34. The minimum absolute atomic E-state index is 0.0745. The molecule has 2 N–H and O–H groups in total. The first kappa shape index (κ1) is 14.6. The van der Waals surface area contributed by atoms with Crippen LogP contribution in [-0.4, -0.2) is 16.1 Å². The van der Waals surface area contributed by atoms with Crippen LogP contribution in [-0.2, 0) is 0 Å². The summed E-state index contributed by atoms with van der Waals surface area (Å²) in [6.07, 6.45) is 0.0745. The Bertz CT molecular complexity index is 641. The highest BCUT2D eigenvalue weighted by Crippen LogP contribution is 2.36. The van der Waals surface area contributed by atoms with E-state index in [1.807, 2.05) is 45.9 Å². The second kappa shape index (κ2) is 5.67. The van der Waals surface area contributed by atoms with Crippen molar-refractivity contribution in [1.29, 1.82) is 0 Å². The van der Waals surface area contributed by atoms with Gasteiger partial charge in [-0.25, -0.2) is 9.97 Å². The molecule has 106 valence electrons. The number of hydrogen-bond acceptors (Lipinski definition) is 4. The highest BCUT2D eigenvalue weighted by molar-refractivity contribution is 6.30. The maximum Gasteiger partial charge on any atom is 0.222 e. The van der Waals surface area contributed by atoms with E-state index in [4.69, 9.17) is 22.1 Å². The smallest absolute Gasteiger partial charge is 0.222 e. The maximum absolute atomic E-state index is 6.11. The summed E-state index contributed by atoms with van der Waals surface area (Å²) in [6.45, 7) is 7.86. The van der Waals surface area contributed by atoms with E-state index in [9.17, 15) is 0 Å². The van der Waals surface area contributed by atoms with Crippen molar-refractivity contribution in [1.82, 2.24) is 9.97 Å². The largest absolute Gasteiger partial charge is 0.490 e. The Balaban J connectivity index is 2.69. The number of benzene rings is 1. The Kier molecular flexibility index (Phi) is 4.14. The van der Waals surface area contributed by atoms with Gasteiger partial charge < -0.3 is 10.5 Å². The molecule has 0 atom stereocenters. The summed E-state index contributed by atoms with van der Waals surface area (Å²) in [5.74, 6) is 0.937. The third-order valence-electron chi connectivity index (χ3n) is 2.94. The normalized spacial score (nSPS) is 10.9. The Morgan fingerprint density at radius 3 is 2.55 bits per heavy atom. The van der Waals surface area contributed by atoms with Crippen LogP contribution in [0.3, 0.4) is 0 Å². The van der Waals surface area contributed by atoms with Gasteiger partial charge in [0.25, 0.3) is 0 Å². The first-order chi connectivity index (χ1) is 9.40. The predicted octanol–water partition coefficient (Wildman–Crippen LogP) is 3.78. The first-order valence-electron chi connectivity index (χ1n) is 6.46. The van der Waals surface area contributed by atoms with E-state index in [1.54, 1.807) is 0 Å². The lowest BCUT2D eigenvalue weighted by molar-refractivity contribution is 0.243. The summed E-state index contributed by atoms with van der Waals surface area (Å²) in [4.78, 5) is 8.31. The molecule has 2 aromatic rings. The first-order valence-corrected chi connectivity index (χ1v) is 6.84. The van der Waals surface area contributed by atoms with Crippen LogP contribution in [0.4, 0.5) is 5.95 Å². The van der Waals surface area contributed by atoms with Gasteiger partial charge in [0.2, 0.25) is 5.95 Å². The number of halogens is 1. The zero-order chi connectivity index (χ0) is 14.9. The zero-order valence-corrected chi connectivity index (χ0v) is 12.8. The molecule has 0 saturated heterocycles. The molecular weight excluding hydrogens is 274 g/mol. The number of nitrogens with two attached hydrogens (primary N) is 1. The highest BCUT2D eigenvalue weighted by atomic mass is 35.5. The van der Waals surface area contributed by atoms with E-state index in [2.05, 4.69) is 9.97 Å². The van der Waals surface area contributed by atoms with Gasteiger partial charge in [-0.05, 0) is 39.3 Å². The summed E-state index contributed by atoms with van der Waals surface area (Å²) in [5.41, 5.74) is 9.20. The van der Waals surface area contributed by atoms with Crippen LogP contribution in [0, 0.1) is 13.8 Å². The summed E-state index contributed by atoms with van der Waals surface area (Å²) in [7, 11) is 0. The van der Waals surface area contributed by atoms with Crippen LogP contribution in [0.25, 0.3) is 11.3 Å². The van der Waals surface area contributed by atoms with E-state index in [0.717, 1.165) is 28.1 Å². The van der Waals surface area contributed by atoms with Crippen LogP contribution in [0.5, 0.6) is 5.75 Å². The van der Waals surface area contributed by atoms with Crippen molar-refractivity contribution < 1.29 is 4.74 Å². The monoisotopic (exact) mass is 291 g/mol. The summed E-state index contributed by atoms with van der Waals surface area (Å²) < 4.78 is 5.87. The lowest BCUT2D eigenvalue weighted by Crippen LogP contribution is -2.08. The third kappa shape index (κ3) is 2.85. The van der Waals surface area contributed by atoms with Gasteiger partial charge in [-0.2, -0.15) is 0 Å². The van der Waals surface area contributed by atoms with Crippen molar-refractivity contribution >= 4 is 17.5 Å². The molecule has 0 fully saturated rings. The lowest BCUT2D eigenvalue weighted by Gasteiger charge is -2.17. The van der Waals surface area contributed by atoms with Crippen molar-refractivity contribution in [2.45, 2.75) is 33.8 Å². The van der Waals surface area contributed by atoms with Crippen molar-refractivity contribution in [3.05, 3.63) is 34.5 Å². The van der Waals surface area contributed by atoms with E-state index < -0.39 is 0 Å². The van der Waals surface area contributed by atoms with Crippen molar-refractivity contribution in [2.24, 2.45) is 0 Å². The second-order valence-electron chi connectivity index (χ2n) is 4.96. The van der Waals surface area contributed by atoms with Crippen LogP contribution in [0.1, 0.15) is 25.0 Å². The molecule has 0 aliphatic heterocycles. The predicted molar refractivity (Wildman–Crippen MR) is 82.1 cm³/mol. The number of hydrogen-bond donors (Lipinski definition) is 1. The number of rotatable bonds is 3. The lowest BCUT2D eigenvalue weighted by atomic mass is 10.0. The van der Waals surface area contributed by atoms with Crippen molar-refractivity contribution in [2.75, 3.05) is 5.73 Å². The van der Waals surface area contributed by atoms with Gasteiger partial charge >= 0.3 is 0 Å². The second-order valence-corrected chi connectivity index (χ2v) is 5.32. The molecule has 0 aliphatic rings. The van der Waals surface area contributed by atoms with E-state index in [-0.39, 0.29) is 12.1 Å². The molecule has 0 spiro atoms. The summed E-state index contributed by atoms with van der Waals surface area (Å²) in [5, 5.41) is 0.367. The number of aromatic nitrogens is 2. The molecule has 1 aromatic heterocycles. The number of aryl methyl sites for hydroxylation is 1. The van der Waals surface area contributed by atoms with Crippen LogP contribution in [0.15, 0.2) is 18.2 Å². The number of anilines is 1. The molecule has 0 radical (unpaired) electrons. The van der Waals surface area contributed by atoms with Gasteiger partial charge in [0.15, 0.2) is 0 Å².